The fraction of sp³-hybridized carbons (Fsp3) is 0.800. The normalized spacial score (nSPS) is 30.1. The van der Waals surface area contributed by atoms with Crippen LogP contribution in [-0.4, -0.2) is 54.8 Å². The van der Waals surface area contributed by atoms with Crippen LogP contribution in [0.5, 0.6) is 0 Å². The van der Waals surface area contributed by atoms with Crippen molar-refractivity contribution in [2.24, 2.45) is 11.8 Å². The minimum atomic E-state index is -0.691. The lowest BCUT2D eigenvalue weighted by molar-refractivity contribution is -0.157. The molecule has 1 amide bonds. The Morgan fingerprint density at radius 2 is 1.32 bits per heavy atom. The number of nitrogens with zero attached hydrogens (tertiary/aromatic N) is 1. The third-order valence-electron chi connectivity index (χ3n) is 4.24. The summed E-state index contributed by atoms with van der Waals surface area (Å²) in [5.41, 5.74) is -0.638. The zero-order valence-corrected chi connectivity index (χ0v) is 13.6. The molecule has 2 saturated heterocycles. The number of carbonyl (C=O) groups excluding carboxylic acids is 3. The van der Waals surface area contributed by atoms with Crippen molar-refractivity contribution < 1.29 is 28.6 Å². The summed E-state index contributed by atoms with van der Waals surface area (Å²) >= 11 is 0. The van der Waals surface area contributed by atoms with Gasteiger partial charge in [0.2, 0.25) is 0 Å². The van der Waals surface area contributed by atoms with E-state index in [2.05, 4.69) is 0 Å². The van der Waals surface area contributed by atoms with Crippen LogP contribution in [0.3, 0.4) is 0 Å². The highest BCUT2D eigenvalue weighted by Crippen LogP contribution is 2.47. The van der Waals surface area contributed by atoms with Gasteiger partial charge in [0.1, 0.15) is 5.60 Å². The second kappa shape index (κ2) is 5.78. The van der Waals surface area contributed by atoms with E-state index < -0.39 is 35.5 Å². The van der Waals surface area contributed by atoms with Gasteiger partial charge in [0.05, 0.1) is 26.1 Å². The molecule has 0 unspecified atom stereocenters. The van der Waals surface area contributed by atoms with Crippen LogP contribution in [-0.2, 0) is 23.8 Å². The minimum Gasteiger partial charge on any atom is -0.469 e. The number of methoxy groups -OCH3 is 2. The average molecular weight is 313 g/mol. The second-order valence-electron chi connectivity index (χ2n) is 6.70. The first-order valence-corrected chi connectivity index (χ1v) is 7.38. The topological polar surface area (TPSA) is 82.1 Å². The average Bonchev–Trinajstić information content (AvgIpc) is 2.99. The Balaban J connectivity index is 2.29. The molecule has 0 spiro atoms. The Bertz CT molecular complexity index is 453. The molecule has 124 valence electrons. The van der Waals surface area contributed by atoms with E-state index in [1.165, 1.54) is 19.1 Å². The maximum absolute atomic E-state index is 12.4. The zero-order valence-electron chi connectivity index (χ0n) is 13.6. The van der Waals surface area contributed by atoms with Crippen molar-refractivity contribution in [3.8, 4) is 0 Å². The van der Waals surface area contributed by atoms with Crippen molar-refractivity contribution in [1.82, 2.24) is 4.90 Å². The van der Waals surface area contributed by atoms with E-state index >= 15 is 0 Å². The van der Waals surface area contributed by atoms with Gasteiger partial charge in [0.15, 0.2) is 0 Å². The molecule has 0 N–H and O–H groups in total. The van der Waals surface area contributed by atoms with E-state index in [1.807, 2.05) is 0 Å². The Labute approximate surface area is 129 Å². The standard InChI is InChI=1S/C15H23NO6/c1-15(2,3)22-14(19)16-8-6-7-9(16)11(13(18)21-5)10(8)12(17)20-4/h8-11H,6-7H2,1-5H3/t8-,9+,10+,11-. The lowest BCUT2D eigenvalue weighted by Gasteiger charge is -2.27. The summed E-state index contributed by atoms with van der Waals surface area (Å²) < 4.78 is 15.0. The van der Waals surface area contributed by atoms with Gasteiger partial charge in [-0.15, -0.1) is 0 Å². The van der Waals surface area contributed by atoms with Crippen LogP contribution in [0.25, 0.3) is 0 Å². The van der Waals surface area contributed by atoms with Crippen molar-refractivity contribution in [2.45, 2.75) is 51.3 Å². The summed E-state index contributed by atoms with van der Waals surface area (Å²) in [6.07, 6.45) is 0.800. The number of fused-ring (bicyclic) bond motifs is 2. The molecule has 7 heteroatoms. The zero-order chi connectivity index (χ0) is 16.7. The van der Waals surface area contributed by atoms with E-state index in [-0.39, 0.29) is 12.1 Å². The first kappa shape index (κ1) is 16.6. The molecule has 2 bridgehead atoms. The number of hydrogen-bond donors (Lipinski definition) is 0. The monoisotopic (exact) mass is 313 g/mol. The van der Waals surface area contributed by atoms with Crippen LogP contribution in [0.15, 0.2) is 0 Å². The molecule has 0 radical (unpaired) electrons. The van der Waals surface area contributed by atoms with Crippen molar-refractivity contribution in [1.29, 1.82) is 0 Å². The van der Waals surface area contributed by atoms with Gasteiger partial charge in [-0.05, 0) is 33.6 Å². The fourth-order valence-electron chi connectivity index (χ4n) is 3.51. The van der Waals surface area contributed by atoms with Gasteiger partial charge in [0.25, 0.3) is 0 Å². The van der Waals surface area contributed by atoms with E-state index in [0.717, 1.165) is 0 Å². The van der Waals surface area contributed by atoms with Crippen molar-refractivity contribution >= 4 is 18.0 Å². The number of esters is 2. The molecule has 22 heavy (non-hydrogen) atoms. The largest absolute Gasteiger partial charge is 0.469 e. The number of hydrogen-bond acceptors (Lipinski definition) is 6. The molecule has 2 fully saturated rings. The Kier molecular flexibility index (Phi) is 4.35. The second-order valence-corrected chi connectivity index (χ2v) is 6.70. The van der Waals surface area contributed by atoms with Crippen LogP contribution < -0.4 is 0 Å². The number of amides is 1. The first-order chi connectivity index (χ1) is 10.2. The highest BCUT2D eigenvalue weighted by Gasteiger charge is 2.61. The third-order valence-corrected chi connectivity index (χ3v) is 4.24. The maximum atomic E-state index is 12.4. The molecule has 7 nitrogen and oxygen atoms in total. The predicted octanol–water partition coefficient (Wildman–Crippen LogP) is 1.35. The Morgan fingerprint density at radius 1 is 0.909 bits per heavy atom. The minimum absolute atomic E-state index is 0.378. The maximum Gasteiger partial charge on any atom is 0.410 e. The van der Waals surface area contributed by atoms with Crippen LogP contribution in [0.1, 0.15) is 33.6 Å². The van der Waals surface area contributed by atoms with Crippen LogP contribution >= 0.6 is 0 Å². The van der Waals surface area contributed by atoms with Crippen molar-refractivity contribution in [3.63, 3.8) is 0 Å². The van der Waals surface area contributed by atoms with Crippen molar-refractivity contribution in [2.75, 3.05) is 14.2 Å². The SMILES string of the molecule is COC(=O)[C@@H]1[C@H](C(=O)OC)[C@@H]2CC[C@H]1N2C(=O)OC(C)(C)C. The van der Waals surface area contributed by atoms with E-state index in [9.17, 15) is 14.4 Å². The smallest absolute Gasteiger partial charge is 0.410 e. The van der Waals surface area contributed by atoms with Crippen molar-refractivity contribution in [3.05, 3.63) is 0 Å². The summed E-state index contributed by atoms with van der Waals surface area (Å²) in [7, 11) is 2.56. The van der Waals surface area contributed by atoms with Crippen LogP contribution in [0.4, 0.5) is 4.79 Å². The van der Waals surface area contributed by atoms with Gasteiger partial charge in [-0.2, -0.15) is 0 Å². The van der Waals surface area contributed by atoms with E-state index in [0.29, 0.717) is 12.8 Å². The number of rotatable bonds is 2. The van der Waals surface area contributed by atoms with E-state index in [1.54, 1.807) is 20.8 Å². The Hall–Kier alpha value is -1.79. The molecule has 0 aromatic heterocycles. The molecule has 0 aliphatic carbocycles. The quantitative estimate of drug-likeness (QED) is 0.565. The van der Waals surface area contributed by atoms with Gasteiger partial charge >= 0.3 is 18.0 Å². The summed E-state index contributed by atoms with van der Waals surface area (Å²) in [4.78, 5) is 38.1. The summed E-state index contributed by atoms with van der Waals surface area (Å²) in [5.74, 6) is -2.36. The van der Waals surface area contributed by atoms with Crippen LogP contribution in [0, 0.1) is 11.8 Å². The van der Waals surface area contributed by atoms with Gasteiger partial charge in [0, 0.05) is 12.1 Å². The molecule has 0 aromatic carbocycles. The summed E-state index contributed by atoms with van der Waals surface area (Å²) in [6, 6.07) is -0.757. The lowest BCUT2D eigenvalue weighted by atomic mass is 9.79. The highest BCUT2D eigenvalue weighted by atomic mass is 16.6. The molecule has 4 atom stereocenters. The summed E-state index contributed by atoms with van der Waals surface area (Å²) in [5, 5.41) is 0. The molecule has 2 aliphatic rings. The summed E-state index contributed by atoms with van der Waals surface area (Å²) in [6.45, 7) is 5.33. The third kappa shape index (κ3) is 2.76. The van der Waals surface area contributed by atoms with Crippen LogP contribution in [0.2, 0.25) is 0 Å². The lowest BCUT2D eigenvalue weighted by Crippen LogP contribution is -2.41. The molecule has 0 saturated carbocycles. The molecular weight excluding hydrogens is 290 g/mol. The Morgan fingerprint density at radius 3 is 1.64 bits per heavy atom. The van der Waals surface area contributed by atoms with Gasteiger partial charge in [-0.1, -0.05) is 0 Å². The molecule has 2 heterocycles. The predicted molar refractivity (Wildman–Crippen MR) is 75.9 cm³/mol. The van der Waals surface area contributed by atoms with Gasteiger partial charge in [-0.25, -0.2) is 4.79 Å². The molecular formula is C15H23NO6. The van der Waals surface area contributed by atoms with Gasteiger partial charge < -0.3 is 19.1 Å². The number of ether oxygens (including phenoxy) is 3. The first-order valence-electron chi connectivity index (χ1n) is 7.38. The molecule has 0 aromatic rings. The van der Waals surface area contributed by atoms with E-state index in [4.69, 9.17) is 14.2 Å². The molecule has 2 rings (SSSR count). The highest BCUT2D eigenvalue weighted by molar-refractivity contribution is 5.86. The number of carbonyl (C=O) groups is 3. The molecule has 2 aliphatic heterocycles. The van der Waals surface area contributed by atoms with Gasteiger partial charge in [-0.3, -0.25) is 9.59 Å². The fourth-order valence-corrected chi connectivity index (χ4v) is 3.51.